The van der Waals surface area contributed by atoms with Crippen LogP contribution in [0, 0.1) is 0 Å². The van der Waals surface area contributed by atoms with Crippen molar-refractivity contribution in [2.75, 3.05) is 39.0 Å². The van der Waals surface area contributed by atoms with Gasteiger partial charge in [0.2, 0.25) is 5.91 Å². The van der Waals surface area contributed by atoms with Crippen molar-refractivity contribution >= 4 is 52.9 Å². The highest BCUT2D eigenvalue weighted by Crippen LogP contribution is 2.12. The number of hydrogen-bond acceptors (Lipinski definition) is 4. The second kappa shape index (κ2) is 13.5. The van der Waals surface area contributed by atoms with Gasteiger partial charge < -0.3 is 20.9 Å². The molecule has 2 rings (SSSR count). The number of rotatable bonds is 9. The van der Waals surface area contributed by atoms with E-state index in [-0.39, 0.29) is 29.9 Å². The lowest BCUT2D eigenvalue weighted by atomic mass is 10.2. The molecule has 0 bridgehead atoms. The van der Waals surface area contributed by atoms with E-state index in [0.717, 1.165) is 36.7 Å². The number of likely N-dealkylation sites (N-methyl/N-ethyl adjacent to an activating group) is 1. The summed E-state index contributed by atoms with van der Waals surface area (Å²) >= 11 is 1.77. The Labute approximate surface area is 188 Å². The number of anilines is 1. The van der Waals surface area contributed by atoms with Crippen LogP contribution in [0.15, 0.2) is 46.8 Å². The number of carbonyl (C=O) groups excluding carboxylic acids is 1. The van der Waals surface area contributed by atoms with Crippen molar-refractivity contribution in [3.05, 3.63) is 52.2 Å². The molecule has 8 heteroatoms. The third kappa shape index (κ3) is 9.52. The summed E-state index contributed by atoms with van der Waals surface area (Å²) in [4.78, 5) is 19.8. The highest BCUT2D eigenvalue weighted by molar-refractivity contribution is 14.0. The Morgan fingerprint density at radius 3 is 2.68 bits per heavy atom. The minimum atomic E-state index is -0.0239. The number of hydrogen-bond donors (Lipinski definition) is 3. The fourth-order valence-corrected chi connectivity index (χ4v) is 3.22. The van der Waals surface area contributed by atoms with Crippen molar-refractivity contribution < 1.29 is 4.79 Å². The maximum atomic E-state index is 11.9. The molecule has 0 unspecified atom stereocenters. The molecule has 0 atom stereocenters. The molecule has 0 aliphatic carbocycles. The number of aliphatic imine (C=N–C) groups is 1. The van der Waals surface area contributed by atoms with E-state index in [2.05, 4.69) is 45.4 Å². The number of thiophene rings is 1. The van der Waals surface area contributed by atoms with Crippen molar-refractivity contribution in [1.82, 2.24) is 15.5 Å². The fourth-order valence-electron chi connectivity index (χ4n) is 2.51. The summed E-state index contributed by atoms with van der Waals surface area (Å²) in [6, 6.07) is 12.0. The van der Waals surface area contributed by atoms with E-state index in [4.69, 9.17) is 0 Å². The quantitative estimate of drug-likeness (QED) is 0.273. The Morgan fingerprint density at radius 2 is 2.00 bits per heavy atom. The topological polar surface area (TPSA) is 68.8 Å². The zero-order chi connectivity index (χ0) is 19.5. The molecular weight excluding hydrogens is 485 g/mol. The number of nitrogens with zero attached hydrogens (tertiary/aromatic N) is 2. The van der Waals surface area contributed by atoms with E-state index in [1.54, 1.807) is 11.3 Å². The highest BCUT2D eigenvalue weighted by atomic mass is 127. The summed E-state index contributed by atoms with van der Waals surface area (Å²) in [7, 11) is 3.75. The minimum absolute atomic E-state index is 0. The molecule has 0 aliphatic rings. The second-order valence-electron chi connectivity index (χ2n) is 6.44. The van der Waals surface area contributed by atoms with Gasteiger partial charge in [0.25, 0.3) is 0 Å². The van der Waals surface area contributed by atoms with E-state index in [1.165, 1.54) is 4.88 Å². The molecular formula is C20H30IN5OS. The predicted octanol–water partition coefficient (Wildman–Crippen LogP) is 3.16. The Bertz CT molecular complexity index is 734. The SMILES string of the molecule is CCNC(=NCc1cccc(NC(=O)CN(C)C)c1)NCCc1cccs1.I. The lowest BCUT2D eigenvalue weighted by molar-refractivity contribution is -0.116. The first-order valence-electron chi connectivity index (χ1n) is 9.15. The molecule has 28 heavy (non-hydrogen) atoms. The van der Waals surface area contributed by atoms with E-state index in [0.29, 0.717) is 13.1 Å². The lowest BCUT2D eigenvalue weighted by Crippen LogP contribution is -2.38. The van der Waals surface area contributed by atoms with Crippen LogP contribution in [0.3, 0.4) is 0 Å². The van der Waals surface area contributed by atoms with Crippen LogP contribution < -0.4 is 16.0 Å². The average Bonchev–Trinajstić information content (AvgIpc) is 3.12. The normalized spacial score (nSPS) is 11.1. The van der Waals surface area contributed by atoms with Gasteiger partial charge in [0, 0.05) is 23.7 Å². The van der Waals surface area contributed by atoms with Crippen LogP contribution in [0.25, 0.3) is 0 Å². The molecule has 0 aliphatic heterocycles. The van der Waals surface area contributed by atoms with Crippen LogP contribution in [-0.4, -0.2) is 50.5 Å². The average molecular weight is 515 g/mol. The lowest BCUT2D eigenvalue weighted by Gasteiger charge is -2.12. The van der Waals surface area contributed by atoms with Gasteiger partial charge in [0.1, 0.15) is 0 Å². The molecule has 154 valence electrons. The number of benzene rings is 1. The summed E-state index contributed by atoms with van der Waals surface area (Å²) < 4.78 is 0. The second-order valence-corrected chi connectivity index (χ2v) is 7.47. The molecule has 0 saturated carbocycles. The zero-order valence-corrected chi connectivity index (χ0v) is 19.8. The van der Waals surface area contributed by atoms with Gasteiger partial charge in [-0.25, -0.2) is 4.99 Å². The van der Waals surface area contributed by atoms with Gasteiger partial charge in [-0.3, -0.25) is 4.79 Å². The smallest absolute Gasteiger partial charge is 0.238 e. The third-order valence-electron chi connectivity index (χ3n) is 3.68. The molecule has 3 N–H and O–H groups in total. The summed E-state index contributed by atoms with van der Waals surface area (Å²) in [6.45, 7) is 4.61. The van der Waals surface area contributed by atoms with E-state index < -0.39 is 0 Å². The van der Waals surface area contributed by atoms with E-state index in [1.807, 2.05) is 43.3 Å². The first kappa shape index (κ1) is 24.4. The van der Waals surface area contributed by atoms with Crippen molar-refractivity contribution in [2.24, 2.45) is 4.99 Å². The van der Waals surface area contributed by atoms with Crippen LogP contribution in [0.2, 0.25) is 0 Å². The maximum absolute atomic E-state index is 11.9. The van der Waals surface area contributed by atoms with Crippen molar-refractivity contribution in [3.8, 4) is 0 Å². The molecule has 0 radical (unpaired) electrons. The summed E-state index contributed by atoms with van der Waals surface area (Å²) in [5, 5.41) is 11.6. The molecule has 1 heterocycles. The third-order valence-corrected chi connectivity index (χ3v) is 4.61. The Morgan fingerprint density at radius 1 is 1.18 bits per heavy atom. The van der Waals surface area contributed by atoms with Crippen LogP contribution >= 0.6 is 35.3 Å². The minimum Gasteiger partial charge on any atom is -0.357 e. The van der Waals surface area contributed by atoms with Crippen molar-refractivity contribution in [1.29, 1.82) is 0 Å². The number of carbonyl (C=O) groups is 1. The van der Waals surface area contributed by atoms with Gasteiger partial charge >= 0.3 is 0 Å². The fraction of sp³-hybridized carbons (Fsp3) is 0.400. The Balaban J connectivity index is 0.00000392. The van der Waals surface area contributed by atoms with Crippen LogP contribution in [0.4, 0.5) is 5.69 Å². The van der Waals surface area contributed by atoms with Gasteiger partial charge in [0.15, 0.2) is 5.96 Å². The van der Waals surface area contributed by atoms with Crippen LogP contribution in [0.1, 0.15) is 17.4 Å². The highest BCUT2D eigenvalue weighted by Gasteiger charge is 2.04. The van der Waals surface area contributed by atoms with Gasteiger partial charge in [-0.2, -0.15) is 0 Å². The zero-order valence-electron chi connectivity index (χ0n) is 16.7. The molecule has 1 aromatic carbocycles. The molecule has 1 aromatic heterocycles. The molecule has 1 amide bonds. The monoisotopic (exact) mass is 515 g/mol. The Kier molecular flexibility index (Phi) is 11.8. The van der Waals surface area contributed by atoms with Gasteiger partial charge in [-0.1, -0.05) is 18.2 Å². The number of halogens is 1. The molecule has 0 saturated heterocycles. The summed E-state index contributed by atoms with van der Waals surface area (Å²) in [6.07, 6.45) is 0.982. The van der Waals surface area contributed by atoms with Gasteiger partial charge in [-0.15, -0.1) is 35.3 Å². The summed E-state index contributed by atoms with van der Waals surface area (Å²) in [5.41, 5.74) is 1.85. The van der Waals surface area contributed by atoms with Gasteiger partial charge in [-0.05, 0) is 56.6 Å². The van der Waals surface area contributed by atoms with E-state index >= 15 is 0 Å². The first-order chi connectivity index (χ1) is 13.1. The van der Waals surface area contributed by atoms with Crippen molar-refractivity contribution in [3.63, 3.8) is 0 Å². The standard InChI is InChI=1S/C20H29N5OS.HI/c1-4-21-20(22-11-10-18-9-6-12-27-18)23-14-16-7-5-8-17(13-16)24-19(26)15-25(2)3;/h5-9,12-13H,4,10-11,14-15H2,1-3H3,(H,24,26)(H2,21,22,23);1H. The maximum Gasteiger partial charge on any atom is 0.238 e. The molecule has 2 aromatic rings. The largest absolute Gasteiger partial charge is 0.357 e. The molecule has 0 spiro atoms. The van der Waals surface area contributed by atoms with Crippen molar-refractivity contribution in [2.45, 2.75) is 19.9 Å². The number of nitrogens with one attached hydrogen (secondary N) is 3. The molecule has 6 nitrogen and oxygen atoms in total. The van der Waals surface area contributed by atoms with Crippen LogP contribution in [0.5, 0.6) is 0 Å². The van der Waals surface area contributed by atoms with Crippen LogP contribution in [-0.2, 0) is 17.8 Å². The predicted molar refractivity (Wildman–Crippen MR) is 130 cm³/mol. The Hall–Kier alpha value is -1.65. The first-order valence-corrected chi connectivity index (χ1v) is 10.0. The number of amides is 1. The summed E-state index contributed by atoms with van der Waals surface area (Å²) in [5.74, 6) is 0.778. The van der Waals surface area contributed by atoms with E-state index in [9.17, 15) is 4.79 Å². The number of guanidine groups is 1. The molecule has 0 fully saturated rings. The van der Waals surface area contributed by atoms with Gasteiger partial charge in [0.05, 0.1) is 13.1 Å².